The van der Waals surface area contributed by atoms with E-state index >= 15 is 0 Å². The Morgan fingerprint density at radius 2 is 2.21 bits per heavy atom. The fraction of sp³-hybridized carbons (Fsp3) is 0.636. The Hall–Kier alpha value is -0.380. The molecule has 80 valence electrons. The van der Waals surface area contributed by atoms with Crippen LogP contribution in [-0.2, 0) is 6.54 Å². The molecule has 0 aliphatic heterocycles. The molecule has 0 radical (unpaired) electrons. The van der Waals surface area contributed by atoms with Gasteiger partial charge in [0.25, 0.3) is 0 Å². The third-order valence-corrected chi connectivity index (χ3v) is 3.27. The lowest BCUT2D eigenvalue weighted by Crippen LogP contribution is -2.22. The van der Waals surface area contributed by atoms with Gasteiger partial charge in [-0.15, -0.1) is 11.3 Å². The summed E-state index contributed by atoms with van der Waals surface area (Å²) in [5.41, 5.74) is 1.39. The molecule has 0 fully saturated rings. The van der Waals surface area contributed by atoms with Crippen molar-refractivity contribution in [2.45, 2.75) is 27.3 Å². The van der Waals surface area contributed by atoms with Crippen molar-refractivity contribution in [2.75, 3.05) is 13.2 Å². The Bertz CT molecular complexity index is 283. The molecule has 1 aromatic heterocycles. The SMILES string of the molecule is Cc1cc(CNCC(C)CO)c(C)s1. The monoisotopic (exact) mass is 213 g/mol. The summed E-state index contributed by atoms with van der Waals surface area (Å²) in [6.07, 6.45) is 0. The molecular formula is C11H19NOS. The molecule has 1 heterocycles. The van der Waals surface area contributed by atoms with Crippen molar-refractivity contribution in [3.05, 3.63) is 21.4 Å². The predicted octanol–water partition coefficient (Wildman–Crippen LogP) is 2.08. The van der Waals surface area contributed by atoms with Gasteiger partial charge >= 0.3 is 0 Å². The van der Waals surface area contributed by atoms with Crippen LogP contribution in [0.15, 0.2) is 6.07 Å². The molecule has 0 spiro atoms. The number of aliphatic hydroxyl groups is 1. The lowest BCUT2D eigenvalue weighted by Gasteiger charge is -2.08. The van der Waals surface area contributed by atoms with Crippen LogP contribution in [0.3, 0.4) is 0 Å². The highest BCUT2D eigenvalue weighted by atomic mass is 32.1. The van der Waals surface area contributed by atoms with Crippen molar-refractivity contribution in [3.63, 3.8) is 0 Å². The van der Waals surface area contributed by atoms with Gasteiger partial charge in [-0.3, -0.25) is 0 Å². The fourth-order valence-corrected chi connectivity index (χ4v) is 2.32. The van der Waals surface area contributed by atoms with Crippen LogP contribution in [0.4, 0.5) is 0 Å². The van der Waals surface area contributed by atoms with Crippen molar-refractivity contribution >= 4 is 11.3 Å². The highest BCUT2D eigenvalue weighted by Crippen LogP contribution is 2.20. The summed E-state index contributed by atoms with van der Waals surface area (Å²) in [5, 5.41) is 12.2. The summed E-state index contributed by atoms with van der Waals surface area (Å²) in [4.78, 5) is 2.76. The lowest BCUT2D eigenvalue weighted by molar-refractivity contribution is 0.233. The molecule has 0 saturated carbocycles. The van der Waals surface area contributed by atoms with Crippen molar-refractivity contribution in [1.82, 2.24) is 5.32 Å². The van der Waals surface area contributed by atoms with Crippen LogP contribution in [0.1, 0.15) is 22.2 Å². The van der Waals surface area contributed by atoms with Gasteiger partial charge in [0.1, 0.15) is 0 Å². The Balaban J connectivity index is 2.34. The minimum Gasteiger partial charge on any atom is -0.396 e. The van der Waals surface area contributed by atoms with E-state index < -0.39 is 0 Å². The topological polar surface area (TPSA) is 32.3 Å². The van der Waals surface area contributed by atoms with Crippen LogP contribution in [0.2, 0.25) is 0 Å². The van der Waals surface area contributed by atoms with Crippen LogP contribution in [-0.4, -0.2) is 18.3 Å². The molecule has 1 aromatic rings. The Morgan fingerprint density at radius 3 is 2.71 bits per heavy atom. The molecule has 0 aromatic carbocycles. The van der Waals surface area contributed by atoms with Crippen molar-refractivity contribution in [2.24, 2.45) is 5.92 Å². The van der Waals surface area contributed by atoms with Gasteiger partial charge in [0.15, 0.2) is 0 Å². The number of rotatable bonds is 5. The van der Waals surface area contributed by atoms with Crippen LogP contribution in [0, 0.1) is 19.8 Å². The predicted molar refractivity (Wildman–Crippen MR) is 61.7 cm³/mol. The molecule has 2 nitrogen and oxygen atoms in total. The Labute approximate surface area is 90.0 Å². The number of aryl methyl sites for hydroxylation is 2. The van der Waals surface area contributed by atoms with E-state index in [0.29, 0.717) is 5.92 Å². The van der Waals surface area contributed by atoms with E-state index in [1.165, 1.54) is 15.3 Å². The van der Waals surface area contributed by atoms with E-state index in [2.05, 4.69) is 25.2 Å². The third kappa shape index (κ3) is 3.40. The van der Waals surface area contributed by atoms with E-state index in [-0.39, 0.29) is 6.61 Å². The number of hydrogen-bond acceptors (Lipinski definition) is 3. The fourth-order valence-electron chi connectivity index (χ4n) is 1.38. The highest BCUT2D eigenvalue weighted by molar-refractivity contribution is 7.12. The van der Waals surface area contributed by atoms with E-state index in [9.17, 15) is 0 Å². The number of hydrogen-bond donors (Lipinski definition) is 2. The molecule has 0 saturated heterocycles. The summed E-state index contributed by atoms with van der Waals surface area (Å²) >= 11 is 1.84. The number of thiophene rings is 1. The minimum absolute atomic E-state index is 0.259. The largest absolute Gasteiger partial charge is 0.396 e. The first-order chi connectivity index (χ1) is 6.63. The summed E-state index contributed by atoms with van der Waals surface area (Å²) in [5.74, 6) is 0.343. The van der Waals surface area contributed by atoms with Crippen LogP contribution < -0.4 is 5.32 Å². The number of aliphatic hydroxyl groups excluding tert-OH is 1. The van der Waals surface area contributed by atoms with Crippen LogP contribution >= 0.6 is 11.3 Å². The molecule has 1 atom stereocenters. The summed E-state index contributed by atoms with van der Waals surface area (Å²) in [6, 6.07) is 2.23. The zero-order valence-corrected chi connectivity index (χ0v) is 9.95. The quantitative estimate of drug-likeness (QED) is 0.785. The van der Waals surface area contributed by atoms with E-state index in [4.69, 9.17) is 5.11 Å². The standard InChI is InChI=1S/C11H19NOS/c1-8(7-13)5-12-6-11-4-9(2)14-10(11)3/h4,8,12-13H,5-7H2,1-3H3. The van der Waals surface area contributed by atoms with Gasteiger partial charge in [0, 0.05) is 29.5 Å². The second-order valence-corrected chi connectivity index (χ2v) is 5.32. The average Bonchev–Trinajstić information content (AvgIpc) is 2.45. The molecule has 2 N–H and O–H groups in total. The molecular weight excluding hydrogens is 194 g/mol. The van der Waals surface area contributed by atoms with Crippen molar-refractivity contribution in [3.8, 4) is 0 Å². The highest BCUT2D eigenvalue weighted by Gasteiger charge is 2.03. The van der Waals surface area contributed by atoms with E-state index in [1.807, 2.05) is 18.3 Å². The molecule has 3 heteroatoms. The second kappa shape index (κ2) is 5.49. The maximum absolute atomic E-state index is 8.85. The maximum atomic E-state index is 8.85. The van der Waals surface area contributed by atoms with Crippen molar-refractivity contribution in [1.29, 1.82) is 0 Å². The smallest absolute Gasteiger partial charge is 0.0468 e. The minimum atomic E-state index is 0.259. The molecule has 1 rings (SSSR count). The van der Waals surface area contributed by atoms with Crippen LogP contribution in [0.5, 0.6) is 0 Å². The average molecular weight is 213 g/mol. The zero-order chi connectivity index (χ0) is 10.6. The molecule has 0 amide bonds. The Kier molecular flexibility index (Phi) is 4.58. The zero-order valence-electron chi connectivity index (χ0n) is 9.13. The molecule has 14 heavy (non-hydrogen) atoms. The van der Waals surface area contributed by atoms with Crippen LogP contribution in [0.25, 0.3) is 0 Å². The molecule has 0 aliphatic carbocycles. The Morgan fingerprint density at radius 1 is 1.50 bits per heavy atom. The van der Waals surface area contributed by atoms with Gasteiger partial charge in [-0.1, -0.05) is 6.92 Å². The normalized spacial score (nSPS) is 13.1. The molecule has 0 aliphatic rings. The first-order valence-corrected chi connectivity index (χ1v) is 5.82. The summed E-state index contributed by atoms with van der Waals surface area (Å²) < 4.78 is 0. The third-order valence-electron chi connectivity index (χ3n) is 2.26. The molecule has 1 unspecified atom stereocenters. The first-order valence-electron chi connectivity index (χ1n) is 5.01. The maximum Gasteiger partial charge on any atom is 0.0468 e. The van der Waals surface area contributed by atoms with Gasteiger partial charge in [-0.2, -0.15) is 0 Å². The van der Waals surface area contributed by atoms with Gasteiger partial charge < -0.3 is 10.4 Å². The first kappa shape index (κ1) is 11.7. The van der Waals surface area contributed by atoms with E-state index in [0.717, 1.165) is 13.1 Å². The van der Waals surface area contributed by atoms with Gasteiger partial charge in [-0.25, -0.2) is 0 Å². The molecule has 0 bridgehead atoms. The summed E-state index contributed by atoms with van der Waals surface area (Å²) in [6.45, 7) is 8.39. The van der Waals surface area contributed by atoms with Crippen molar-refractivity contribution < 1.29 is 5.11 Å². The van der Waals surface area contributed by atoms with Gasteiger partial charge in [0.05, 0.1) is 0 Å². The van der Waals surface area contributed by atoms with Gasteiger partial charge in [0.2, 0.25) is 0 Å². The number of nitrogens with one attached hydrogen (secondary N) is 1. The lowest BCUT2D eigenvalue weighted by atomic mass is 10.2. The van der Waals surface area contributed by atoms with Gasteiger partial charge in [-0.05, 0) is 31.4 Å². The van der Waals surface area contributed by atoms with E-state index in [1.54, 1.807) is 0 Å². The second-order valence-electron chi connectivity index (χ2n) is 3.86. The summed E-state index contributed by atoms with van der Waals surface area (Å²) in [7, 11) is 0.